The van der Waals surface area contributed by atoms with Gasteiger partial charge in [-0.3, -0.25) is 4.79 Å². The Morgan fingerprint density at radius 1 is 1.05 bits per heavy atom. The number of carbonyl (C=O) groups is 1. The Hall–Kier alpha value is -0.630. The zero-order chi connectivity index (χ0) is 14.8. The monoisotopic (exact) mass is 288 g/mol. The average molecular weight is 288 g/mol. The van der Waals surface area contributed by atoms with Crippen molar-refractivity contribution in [3.63, 3.8) is 0 Å². The zero-order valence-electron chi connectivity index (χ0n) is 13.4. The standard InChI is InChI=1S/C19H28O2/c1-18-9-7-13(20)11-12(18)3-4-14-15-5-6-17(21)19(15,2)10-8-16(14)18/h11,14-17,21H,3-10H2,1-2H3/t14-,15+,16-,17-,18+,19-/m1/s1. The SMILES string of the molecule is C[C@@]12CC[C@@H]3[C@H](CCC4=CC(=O)CC[C@@]43C)[C@@H]1CC[C@H]2O. The van der Waals surface area contributed by atoms with E-state index in [0.717, 1.165) is 37.5 Å². The Morgan fingerprint density at radius 3 is 2.67 bits per heavy atom. The predicted molar refractivity (Wildman–Crippen MR) is 82.7 cm³/mol. The van der Waals surface area contributed by atoms with Gasteiger partial charge in [-0.1, -0.05) is 19.4 Å². The van der Waals surface area contributed by atoms with Crippen LogP contribution in [-0.2, 0) is 4.79 Å². The van der Waals surface area contributed by atoms with Crippen LogP contribution < -0.4 is 0 Å². The maximum absolute atomic E-state index is 11.8. The number of hydrogen-bond acceptors (Lipinski definition) is 2. The van der Waals surface area contributed by atoms with Gasteiger partial charge in [-0.25, -0.2) is 0 Å². The number of aliphatic hydroxyl groups excluding tert-OH is 1. The molecule has 0 spiro atoms. The average Bonchev–Trinajstić information content (AvgIpc) is 2.76. The molecule has 0 unspecified atom stereocenters. The van der Waals surface area contributed by atoms with Gasteiger partial charge in [0.1, 0.15) is 0 Å². The molecule has 4 aliphatic carbocycles. The van der Waals surface area contributed by atoms with Crippen molar-refractivity contribution in [2.45, 2.75) is 71.3 Å². The Labute approximate surface area is 128 Å². The molecule has 4 aliphatic rings. The van der Waals surface area contributed by atoms with Crippen LogP contribution in [0.4, 0.5) is 0 Å². The molecule has 21 heavy (non-hydrogen) atoms. The van der Waals surface area contributed by atoms with Crippen LogP contribution in [0, 0.1) is 28.6 Å². The van der Waals surface area contributed by atoms with E-state index in [9.17, 15) is 9.90 Å². The largest absolute Gasteiger partial charge is 0.393 e. The van der Waals surface area contributed by atoms with E-state index in [1.807, 2.05) is 6.08 Å². The van der Waals surface area contributed by atoms with Crippen molar-refractivity contribution in [3.05, 3.63) is 11.6 Å². The number of rotatable bonds is 0. The quantitative estimate of drug-likeness (QED) is 0.734. The highest BCUT2D eigenvalue weighted by Gasteiger charge is 2.58. The molecule has 0 aromatic heterocycles. The number of ketones is 1. The summed E-state index contributed by atoms with van der Waals surface area (Å²) in [5.41, 5.74) is 1.89. The van der Waals surface area contributed by atoms with Crippen LogP contribution in [0.2, 0.25) is 0 Å². The van der Waals surface area contributed by atoms with E-state index < -0.39 is 0 Å². The van der Waals surface area contributed by atoms with Crippen molar-refractivity contribution in [1.29, 1.82) is 0 Å². The van der Waals surface area contributed by atoms with E-state index in [2.05, 4.69) is 13.8 Å². The highest BCUT2D eigenvalue weighted by atomic mass is 16.3. The van der Waals surface area contributed by atoms with Gasteiger partial charge in [0.15, 0.2) is 5.78 Å². The molecule has 0 aliphatic heterocycles. The molecule has 2 heteroatoms. The number of carbonyl (C=O) groups excluding carboxylic acids is 1. The molecule has 0 saturated heterocycles. The number of hydrogen-bond donors (Lipinski definition) is 1. The first kappa shape index (κ1) is 14.0. The third-order valence-electron chi connectivity index (χ3n) is 7.91. The van der Waals surface area contributed by atoms with Crippen LogP contribution in [0.15, 0.2) is 11.6 Å². The molecular weight excluding hydrogens is 260 g/mol. The summed E-state index contributed by atoms with van der Waals surface area (Å²) >= 11 is 0. The Balaban J connectivity index is 1.69. The zero-order valence-corrected chi connectivity index (χ0v) is 13.4. The van der Waals surface area contributed by atoms with Gasteiger partial charge in [-0.05, 0) is 79.6 Å². The lowest BCUT2D eigenvalue weighted by Gasteiger charge is -2.57. The number of allylic oxidation sites excluding steroid dienone is 1. The number of fused-ring (bicyclic) bond motifs is 5. The molecule has 0 bridgehead atoms. The topological polar surface area (TPSA) is 37.3 Å². The second-order valence-electron chi connectivity index (χ2n) is 8.61. The van der Waals surface area contributed by atoms with Crippen LogP contribution in [0.3, 0.4) is 0 Å². The van der Waals surface area contributed by atoms with E-state index in [1.165, 1.54) is 31.3 Å². The molecule has 4 rings (SSSR count). The summed E-state index contributed by atoms with van der Waals surface area (Å²) in [5.74, 6) is 2.57. The Kier molecular flexibility index (Phi) is 2.96. The van der Waals surface area contributed by atoms with Gasteiger partial charge in [0, 0.05) is 6.42 Å². The summed E-state index contributed by atoms with van der Waals surface area (Å²) in [6.45, 7) is 4.76. The summed E-state index contributed by atoms with van der Waals surface area (Å²) in [4.78, 5) is 11.8. The molecular formula is C19H28O2. The lowest BCUT2D eigenvalue weighted by molar-refractivity contribution is -0.118. The fraction of sp³-hybridized carbons (Fsp3) is 0.842. The van der Waals surface area contributed by atoms with Crippen molar-refractivity contribution in [2.24, 2.45) is 28.6 Å². The third kappa shape index (κ3) is 1.78. The van der Waals surface area contributed by atoms with Crippen molar-refractivity contribution in [3.8, 4) is 0 Å². The molecule has 116 valence electrons. The molecule has 0 heterocycles. The Morgan fingerprint density at radius 2 is 1.86 bits per heavy atom. The van der Waals surface area contributed by atoms with Crippen molar-refractivity contribution in [1.82, 2.24) is 0 Å². The summed E-state index contributed by atoms with van der Waals surface area (Å²) in [6, 6.07) is 0. The van der Waals surface area contributed by atoms with Gasteiger partial charge in [0.2, 0.25) is 0 Å². The third-order valence-corrected chi connectivity index (χ3v) is 7.91. The van der Waals surface area contributed by atoms with Crippen LogP contribution in [0.5, 0.6) is 0 Å². The van der Waals surface area contributed by atoms with Gasteiger partial charge in [-0.15, -0.1) is 0 Å². The van der Waals surface area contributed by atoms with Gasteiger partial charge >= 0.3 is 0 Å². The first-order valence-corrected chi connectivity index (χ1v) is 8.87. The van der Waals surface area contributed by atoms with Gasteiger partial charge < -0.3 is 5.11 Å². The van der Waals surface area contributed by atoms with E-state index in [1.54, 1.807) is 0 Å². The van der Waals surface area contributed by atoms with Crippen LogP contribution in [0.25, 0.3) is 0 Å². The van der Waals surface area contributed by atoms with E-state index in [0.29, 0.717) is 11.7 Å². The van der Waals surface area contributed by atoms with E-state index in [4.69, 9.17) is 0 Å². The van der Waals surface area contributed by atoms with Crippen molar-refractivity contribution >= 4 is 5.78 Å². The molecule has 6 atom stereocenters. The van der Waals surface area contributed by atoms with Crippen molar-refractivity contribution < 1.29 is 9.90 Å². The second kappa shape index (κ2) is 4.44. The predicted octanol–water partition coefficient (Wildman–Crippen LogP) is 3.88. The van der Waals surface area contributed by atoms with Gasteiger partial charge in [0.25, 0.3) is 0 Å². The maximum atomic E-state index is 11.8. The first-order chi connectivity index (χ1) is 9.95. The number of aliphatic hydroxyl groups is 1. The minimum absolute atomic E-state index is 0.0823. The van der Waals surface area contributed by atoms with Crippen LogP contribution >= 0.6 is 0 Å². The Bertz CT molecular complexity index is 508. The first-order valence-electron chi connectivity index (χ1n) is 8.87. The lowest BCUT2D eigenvalue weighted by Crippen LogP contribution is -2.51. The molecule has 0 aromatic carbocycles. The molecule has 0 amide bonds. The highest BCUT2D eigenvalue weighted by molar-refractivity contribution is 5.91. The van der Waals surface area contributed by atoms with Crippen molar-refractivity contribution in [2.75, 3.05) is 0 Å². The fourth-order valence-electron chi connectivity index (χ4n) is 6.53. The molecule has 2 nitrogen and oxygen atoms in total. The smallest absolute Gasteiger partial charge is 0.155 e. The summed E-state index contributed by atoms with van der Waals surface area (Å²) in [7, 11) is 0. The van der Waals surface area contributed by atoms with E-state index in [-0.39, 0.29) is 16.9 Å². The van der Waals surface area contributed by atoms with Gasteiger partial charge in [-0.2, -0.15) is 0 Å². The van der Waals surface area contributed by atoms with E-state index >= 15 is 0 Å². The minimum Gasteiger partial charge on any atom is -0.393 e. The summed E-state index contributed by atoms with van der Waals surface area (Å²) < 4.78 is 0. The fourth-order valence-corrected chi connectivity index (χ4v) is 6.53. The maximum Gasteiger partial charge on any atom is 0.155 e. The molecule has 3 saturated carbocycles. The highest BCUT2D eigenvalue weighted by Crippen LogP contribution is 2.65. The molecule has 0 aromatic rings. The molecule has 1 N–H and O–H groups in total. The summed E-state index contributed by atoms with van der Waals surface area (Å²) in [5, 5.41) is 10.4. The van der Waals surface area contributed by atoms with Crippen LogP contribution in [-0.4, -0.2) is 17.0 Å². The van der Waals surface area contributed by atoms with Gasteiger partial charge in [0.05, 0.1) is 6.10 Å². The normalized spacial score (nSPS) is 52.7. The van der Waals surface area contributed by atoms with Crippen LogP contribution in [0.1, 0.15) is 65.2 Å². The second-order valence-corrected chi connectivity index (χ2v) is 8.61. The molecule has 3 fully saturated rings. The molecule has 0 radical (unpaired) electrons. The minimum atomic E-state index is -0.0823. The lowest BCUT2D eigenvalue weighted by atomic mass is 9.47. The summed E-state index contributed by atoms with van der Waals surface area (Å²) in [6.07, 6.45) is 10.7.